The van der Waals surface area contributed by atoms with E-state index in [4.69, 9.17) is 4.74 Å². The van der Waals surface area contributed by atoms with Crippen molar-refractivity contribution in [2.45, 2.75) is 33.6 Å². The van der Waals surface area contributed by atoms with E-state index in [0.29, 0.717) is 42.3 Å². The van der Waals surface area contributed by atoms with Gasteiger partial charge in [0.1, 0.15) is 11.4 Å². The second kappa shape index (κ2) is 8.27. The molecule has 2 aromatic rings. The number of benzene rings is 1. The van der Waals surface area contributed by atoms with Crippen molar-refractivity contribution >= 4 is 11.9 Å². The first-order valence-electron chi connectivity index (χ1n) is 8.26. The van der Waals surface area contributed by atoms with Gasteiger partial charge >= 0.3 is 5.97 Å². The van der Waals surface area contributed by atoms with Crippen LogP contribution in [0.2, 0.25) is 0 Å². The summed E-state index contributed by atoms with van der Waals surface area (Å²) in [6.07, 6.45) is 1.26. The number of carbonyl (C=O) groups is 2. The second-order valence-electron chi connectivity index (χ2n) is 5.33. The van der Waals surface area contributed by atoms with Crippen LogP contribution in [-0.4, -0.2) is 45.1 Å². The van der Waals surface area contributed by atoms with Gasteiger partial charge in [-0.1, -0.05) is 18.6 Å². The number of rotatable bonds is 8. The lowest BCUT2D eigenvalue weighted by molar-refractivity contribution is 0.0688. The number of nitrogens with zero attached hydrogens (tertiary/aromatic N) is 3. The van der Waals surface area contributed by atoms with Gasteiger partial charge in [0, 0.05) is 12.1 Å². The zero-order valence-corrected chi connectivity index (χ0v) is 14.6. The molecule has 1 amide bonds. The van der Waals surface area contributed by atoms with Gasteiger partial charge in [-0.3, -0.25) is 4.79 Å². The molecule has 0 aliphatic heterocycles. The predicted octanol–water partition coefficient (Wildman–Crippen LogP) is 2.07. The monoisotopic (exact) mass is 346 g/mol. The minimum atomic E-state index is -1.12. The third-order valence-corrected chi connectivity index (χ3v) is 3.54. The third kappa shape index (κ3) is 3.96. The molecular weight excluding hydrogens is 324 g/mol. The fourth-order valence-corrected chi connectivity index (χ4v) is 2.49. The number of aromatic carboxylic acids is 1. The summed E-state index contributed by atoms with van der Waals surface area (Å²) < 4.78 is 7.12. The van der Waals surface area contributed by atoms with Crippen LogP contribution in [0.3, 0.4) is 0 Å². The zero-order valence-electron chi connectivity index (χ0n) is 14.6. The molecule has 0 saturated carbocycles. The Labute approximate surface area is 145 Å². The number of hydrogen-bond donors (Lipinski definition) is 2. The average molecular weight is 346 g/mol. The fraction of sp³-hybridized carbons (Fsp3) is 0.412. The summed E-state index contributed by atoms with van der Waals surface area (Å²) in [7, 11) is 0. The highest BCUT2D eigenvalue weighted by Crippen LogP contribution is 2.26. The number of aromatic nitrogens is 3. The standard InChI is InChI=1S/C17H22N4O4/c1-4-7-13-15(17(23)24)19-20-21(13)12-9-8-11(16(22)18-5-2)10-14(12)25-6-3/h8-10H,4-7H2,1-3H3,(H,18,22)(H,23,24). The molecule has 0 aliphatic carbocycles. The zero-order chi connectivity index (χ0) is 18.4. The van der Waals surface area contributed by atoms with Crippen molar-refractivity contribution in [3.63, 3.8) is 0 Å². The first-order valence-corrected chi connectivity index (χ1v) is 8.26. The summed E-state index contributed by atoms with van der Waals surface area (Å²) in [6, 6.07) is 4.97. The van der Waals surface area contributed by atoms with E-state index >= 15 is 0 Å². The van der Waals surface area contributed by atoms with Gasteiger partial charge in [0.25, 0.3) is 5.91 Å². The lowest BCUT2D eigenvalue weighted by atomic mass is 10.1. The Morgan fingerprint density at radius 3 is 2.64 bits per heavy atom. The molecule has 1 aromatic carbocycles. The lowest BCUT2D eigenvalue weighted by Gasteiger charge is -2.13. The van der Waals surface area contributed by atoms with Crippen molar-refractivity contribution in [3.05, 3.63) is 35.2 Å². The molecule has 25 heavy (non-hydrogen) atoms. The molecule has 0 bridgehead atoms. The molecule has 0 aliphatic rings. The van der Waals surface area contributed by atoms with Crippen LogP contribution in [0.5, 0.6) is 5.75 Å². The molecule has 1 aromatic heterocycles. The molecule has 8 heteroatoms. The van der Waals surface area contributed by atoms with Crippen LogP contribution in [0, 0.1) is 0 Å². The summed E-state index contributed by atoms with van der Waals surface area (Å²) >= 11 is 0. The largest absolute Gasteiger partial charge is 0.492 e. The van der Waals surface area contributed by atoms with Gasteiger partial charge in [0.15, 0.2) is 5.69 Å². The van der Waals surface area contributed by atoms with Gasteiger partial charge in [-0.2, -0.15) is 0 Å². The molecule has 2 N–H and O–H groups in total. The Balaban J connectivity index is 2.55. The first-order chi connectivity index (χ1) is 12.0. The van der Waals surface area contributed by atoms with Crippen LogP contribution in [0.4, 0.5) is 0 Å². The summed E-state index contributed by atoms with van der Waals surface area (Å²) in [5.74, 6) is -0.870. The quantitative estimate of drug-likeness (QED) is 0.758. The minimum absolute atomic E-state index is 0.0721. The van der Waals surface area contributed by atoms with Crippen LogP contribution in [0.1, 0.15) is 53.7 Å². The summed E-state index contributed by atoms with van der Waals surface area (Å²) in [4.78, 5) is 23.4. The number of ether oxygens (including phenoxy) is 1. The van der Waals surface area contributed by atoms with Crippen molar-refractivity contribution in [2.75, 3.05) is 13.2 Å². The molecule has 134 valence electrons. The molecular formula is C17H22N4O4. The van der Waals surface area contributed by atoms with E-state index in [-0.39, 0.29) is 11.6 Å². The smallest absolute Gasteiger partial charge is 0.358 e. The van der Waals surface area contributed by atoms with Crippen molar-refractivity contribution in [1.82, 2.24) is 20.3 Å². The molecule has 0 radical (unpaired) electrons. The van der Waals surface area contributed by atoms with Gasteiger partial charge in [-0.25, -0.2) is 9.48 Å². The topological polar surface area (TPSA) is 106 Å². The Morgan fingerprint density at radius 2 is 2.04 bits per heavy atom. The highest BCUT2D eigenvalue weighted by atomic mass is 16.5. The molecule has 2 rings (SSSR count). The molecule has 1 heterocycles. The van der Waals surface area contributed by atoms with Gasteiger partial charge < -0.3 is 15.2 Å². The van der Waals surface area contributed by atoms with Gasteiger partial charge in [0.05, 0.1) is 12.3 Å². The fourth-order valence-electron chi connectivity index (χ4n) is 2.49. The highest BCUT2D eigenvalue weighted by Gasteiger charge is 2.21. The van der Waals surface area contributed by atoms with Crippen LogP contribution < -0.4 is 10.1 Å². The van der Waals surface area contributed by atoms with E-state index in [2.05, 4.69) is 15.6 Å². The van der Waals surface area contributed by atoms with Crippen molar-refractivity contribution in [2.24, 2.45) is 0 Å². The van der Waals surface area contributed by atoms with Gasteiger partial charge in [-0.05, 0) is 38.5 Å². The van der Waals surface area contributed by atoms with Gasteiger partial charge in [-0.15, -0.1) is 5.10 Å². The van der Waals surface area contributed by atoms with Crippen LogP contribution >= 0.6 is 0 Å². The maximum absolute atomic E-state index is 12.0. The van der Waals surface area contributed by atoms with E-state index in [9.17, 15) is 14.7 Å². The normalized spacial score (nSPS) is 10.5. The summed E-state index contributed by atoms with van der Waals surface area (Å²) in [5.41, 5.74) is 1.45. The number of carboxylic acid groups (broad SMARTS) is 1. The minimum Gasteiger partial charge on any atom is -0.492 e. The lowest BCUT2D eigenvalue weighted by Crippen LogP contribution is -2.22. The van der Waals surface area contributed by atoms with Crippen LogP contribution in [0.15, 0.2) is 18.2 Å². The third-order valence-electron chi connectivity index (χ3n) is 3.54. The second-order valence-corrected chi connectivity index (χ2v) is 5.33. The number of carboxylic acids is 1. The van der Waals surface area contributed by atoms with Crippen molar-refractivity contribution in [1.29, 1.82) is 0 Å². The molecule has 0 fully saturated rings. The number of hydrogen-bond acceptors (Lipinski definition) is 5. The predicted molar refractivity (Wildman–Crippen MR) is 91.5 cm³/mol. The Hall–Kier alpha value is -2.90. The Kier molecular flexibility index (Phi) is 6.10. The van der Waals surface area contributed by atoms with Crippen molar-refractivity contribution < 1.29 is 19.4 Å². The van der Waals surface area contributed by atoms with Crippen LogP contribution in [-0.2, 0) is 6.42 Å². The molecule has 0 unspecified atom stereocenters. The van der Waals surface area contributed by atoms with Gasteiger partial charge in [0.2, 0.25) is 0 Å². The maximum Gasteiger partial charge on any atom is 0.358 e. The molecule has 8 nitrogen and oxygen atoms in total. The average Bonchev–Trinajstić information content (AvgIpc) is 2.99. The van der Waals surface area contributed by atoms with E-state index in [1.165, 1.54) is 4.68 Å². The SMILES string of the molecule is CCCc1c(C(=O)O)nnn1-c1ccc(C(=O)NCC)cc1OCC. The molecule has 0 saturated heterocycles. The summed E-state index contributed by atoms with van der Waals surface area (Å²) in [6.45, 7) is 6.55. The van der Waals surface area contributed by atoms with Crippen LogP contribution in [0.25, 0.3) is 5.69 Å². The Bertz CT molecular complexity index is 770. The molecule has 0 spiro atoms. The number of amides is 1. The summed E-state index contributed by atoms with van der Waals surface area (Å²) in [5, 5.41) is 19.8. The number of nitrogens with one attached hydrogen (secondary N) is 1. The maximum atomic E-state index is 12.0. The van der Waals surface area contributed by atoms with Crippen molar-refractivity contribution in [3.8, 4) is 11.4 Å². The number of carbonyl (C=O) groups excluding carboxylic acids is 1. The Morgan fingerprint density at radius 1 is 1.28 bits per heavy atom. The van der Waals surface area contributed by atoms with E-state index in [0.717, 1.165) is 6.42 Å². The van der Waals surface area contributed by atoms with E-state index < -0.39 is 5.97 Å². The highest BCUT2D eigenvalue weighted by molar-refractivity contribution is 5.95. The molecule has 0 atom stereocenters. The first kappa shape index (κ1) is 18.4. The van der Waals surface area contributed by atoms with E-state index in [1.807, 2.05) is 20.8 Å². The van der Waals surface area contributed by atoms with E-state index in [1.54, 1.807) is 18.2 Å².